The molecule has 35 heavy (non-hydrogen) atoms. The van der Waals surface area contributed by atoms with E-state index in [2.05, 4.69) is 15.7 Å². The first kappa shape index (κ1) is 24.1. The fourth-order valence-electron chi connectivity index (χ4n) is 5.13. The summed E-state index contributed by atoms with van der Waals surface area (Å²) in [5, 5.41) is 10.5. The molecular weight excluding hydrogens is 459 g/mol. The van der Waals surface area contributed by atoms with Gasteiger partial charge in [0.25, 0.3) is 0 Å². The Balaban J connectivity index is 1.40. The van der Waals surface area contributed by atoms with Gasteiger partial charge in [0.2, 0.25) is 17.7 Å². The van der Waals surface area contributed by atoms with E-state index in [4.69, 9.17) is 4.98 Å². The number of fused-ring (bicyclic) bond motifs is 1. The maximum Gasteiger partial charge on any atom is 0.248 e. The Hall–Kier alpha value is -2.65. The first-order chi connectivity index (χ1) is 16.7. The van der Waals surface area contributed by atoms with Crippen LogP contribution in [0.25, 0.3) is 5.65 Å². The molecule has 2 N–H and O–H groups in total. The molecule has 3 saturated carbocycles. The average molecular weight is 492 g/mol. The van der Waals surface area contributed by atoms with E-state index in [1.54, 1.807) is 16.9 Å². The molecule has 0 radical (unpaired) electrons. The Kier molecular flexibility index (Phi) is 6.48. The van der Waals surface area contributed by atoms with Crippen LogP contribution in [0.3, 0.4) is 0 Å². The number of nitrogens with zero attached hydrogens (tertiary/aromatic N) is 3. The minimum Gasteiger partial charge on any atom is -0.349 e. The predicted molar refractivity (Wildman–Crippen MR) is 122 cm³/mol. The molecule has 3 aliphatic rings. The van der Waals surface area contributed by atoms with Crippen molar-refractivity contribution in [2.45, 2.75) is 88.9 Å². The standard InChI is InChI=1S/C25H32F3N5O2/c1-2-3-21(34)31-22(14-4-5-14)16-10-20-30-19(13-33(20)29-12-16)23(32-24(35)17-11-18(17)26)15-6-8-25(27,28)9-7-15/h10,12-15,17-18,22-23H,2-9,11H2,1H3,(H,31,34)(H,32,35)/t17-,18-,22+,23-/m0/s1. The van der Waals surface area contributed by atoms with Gasteiger partial charge < -0.3 is 10.6 Å². The van der Waals surface area contributed by atoms with Crippen LogP contribution in [0.2, 0.25) is 0 Å². The van der Waals surface area contributed by atoms with Crippen molar-refractivity contribution in [2.75, 3.05) is 0 Å². The van der Waals surface area contributed by atoms with Crippen molar-refractivity contribution in [1.82, 2.24) is 25.2 Å². The zero-order valence-corrected chi connectivity index (χ0v) is 19.9. The number of amides is 2. The number of hydrogen-bond donors (Lipinski definition) is 2. The van der Waals surface area contributed by atoms with E-state index < -0.39 is 30.0 Å². The highest BCUT2D eigenvalue weighted by Gasteiger charge is 2.46. The van der Waals surface area contributed by atoms with Crippen molar-refractivity contribution in [3.8, 4) is 0 Å². The lowest BCUT2D eigenvalue weighted by Crippen LogP contribution is -2.38. The van der Waals surface area contributed by atoms with Crippen LogP contribution in [0.4, 0.5) is 13.2 Å². The van der Waals surface area contributed by atoms with E-state index in [0.717, 1.165) is 24.8 Å². The van der Waals surface area contributed by atoms with E-state index >= 15 is 0 Å². The predicted octanol–water partition coefficient (Wildman–Crippen LogP) is 4.44. The second-order valence-electron chi connectivity index (χ2n) is 10.4. The number of nitrogens with one attached hydrogen (secondary N) is 2. The van der Waals surface area contributed by atoms with E-state index in [1.165, 1.54) is 0 Å². The number of rotatable bonds is 9. The van der Waals surface area contributed by atoms with Crippen molar-refractivity contribution in [3.05, 3.63) is 29.7 Å². The van der Waals surface area contributed by atoms with Crippen LogP contribution in [0.1, 0.15) is 88.1 Å². The normalized spacial score (nSPS) is 25.7. The largest absolute Gasteiger partial charge is 0.349 e. The van der Waals surface area contributed by atoms with Crippen LogP contribution < -0.4 is 10.6 Å². The van der Waals surface area contributed by atoms with Crippen LogP contribution >= 0.6 is 0 Å². The van der Waals surface area contributed by atoms with Gasteiger partial charge in [-0.2, -0.15) is 5.10 Å². The Labute approximate surface area is 202 Å². The Bertz CT molecular complexity index is 1090. The van der Waals surface area contributed by atoms with E-state index in [-0.39, 0.29) is 50.0 Å². The first-order valence-electron chi connectivity index (χ1n) is 12.7. The fourth-order valence-corrected chi connectivity index (χ4v) is 5.13. The van der Waals surface area contributed by atoms with Crippen LogP contribution in [0, 0.1) is 17.8 Å². The lowest BCUT2D eigenvalue weighted by atomic mass is 9.81. The highest BCUT2D eigenvalue weighted by atomic mass is 19.3. The number of hydrogen-bond acceptors (Lipinski definition) is 4. The quantitative estimate of drug-likeness (QED) is 0.543. The van der Waals surface area contributed by atoms with Gasteiger partial charge in [0.15, 0.2) is 5.65 Å². The lowest BCUT2D eigenvalue weighted by Gasteiger charge is -2.33. The van der Waals surface area contributed by atoms with E-state index in [9.17, 15) is 22.8 Å². The zero-order valence-electron chi connectivity index (χ0n) is 19.9. The molecule has 2 heterocycles. The van der Waals surface area contributed by atoms with Gasteiger partial charge in [0, 0.05) is 19.3 Å². The van der Waals surface area contributed by atoms with Crippen molar-refractivity contribution in [2.24, 2.45) is 17.8 Å². The molecule has 5 rings (SSSR count). The van der Waals surface area contributed by atoms with Gasteiger partial charge in [-0.1, -0.05) is 6.92 Å². The Morgan fingerprint density at radius 1 is 1.14 bits per heavy atom. The van der Waals surface area contributed by atoms with Crippen molar-refractivity contribution < 1.29 is 22.8 Å². The molecule has 0 unspecified atom stereocenters. The molecule has 0 aliphatic heterocycles. The topological polar surface area (TPSA) is 88.4 Å². The molecule has 0 saturated heterocycles. The van der Waals surface area contributed by atoms with Gasteiger partial charge >= 0.3 is 0 Å². The van der Waals surface area contributed by atoms with Crippen LogP contribution in [-0.2, 0) is 9.59 Å². The Morgan fingerprint density at radius 2 is 1.83 bits per heavy atom. The van der Waals surface area contributed by atoms with Crippen molar-refractivity contribution in [1.29, 1.82) is 0 Å². The molecule has 190 valence electrons. The van der Waals surface area contributed by atoms with Crippen LogP contribution in [0.5, 0.6) is 0 Å². The third-order valence-corrected chi connectivity index (χ3v) is 7.50. The number of aromatic nitrogens is 3. The average Bonchev–Trinajstić information content (AvgIpc) is 3.74. The number of alkyl halides is 3. The maximum absolute atomic E-state index is 13.8. The summed E-state index contributed by atoms with van der Waals surface area (Å²) in [6.45, 7) is 1.96. The van der Waals surface area contributed by atoms with Gasteiger partial charge in [-0.15, -0.1) is 0 Å². The maximum atomic E-state index is 13.8. The van der Waals surface area contributed by atoms with E-state index in [0.29, 0.717) is 23.7 Å². The second-order valence-corrected chi connectivity index (χ2v) is 10.4. The molecule has 2 amide bonds. The number of carbonyl (C=O) groups is 2. The molecule has 2 aromatic rings. The summed E-state index contributed by atoms with van der Waals surface area (Å²) in [5.74, 6) is -3.59. The molecular formula is C25H32F3N5O2. The van der Waals surface area contributed by atoms with Crippen molar-refractivity contribution in [3.63, 3.8) is 0 Å². The lowest BCUT2D eigenvalue weighted by molar-refractivity contribution is -0.124. The van der Waals surface area contributed by atoms with Gasteiger partial charge in [-0.05, 0) is 62.0 Å². The summed E-state index contributed by atoms with van der Waals surface area (Å²) in [6.07, 6.45) is 5.83. The molecule has 0 bridgehead atoms. The monoisotopic (exact) mass is 491 g/mol. The third-order valence-electron chi connectivity index (χ3n) is 7.50. The minimum absolute atomic E-state index is 0.0106. The summed E-state index contributed by atoms with van der Waals surface area (Å²) in [7, 11) is 0. The summed E-state index contributed by atoms with van der Waals surface area (Å²) < 4.78 is 42.7. The minimum atomic E-state index is -2.69. The van der Waals surface area contributed by atoms with Crippen LogP contribution in [0.15, 0.2) is 18.5 Å². The van der Waals surface area contributed by atoms with Gasteiger partial charge in [0.05, 0.1) is 36.1 Å². The molecule has 7 nitrogen and oxygen atoms in total. The van der Waals surface area contributed by atoms with Crippen LogP contribution in [-0.4, -0.2) is 38.5 Å². The third kappa shape index (κ3) is 5.46. The SMILES string of the molecule is CCCC(=O)N[C@@H](c1cnn2cc([C@@H](NC(=O)[C@H]3C[C@@H]3F)C3CCC(F)(F)CC3)nc2c1)C1CC1. The molecule has 2 aromatic heterocycles. The van der Waals surface area contributed by atoms with Crippen molar-refractivity contribution >= 4 is 17.5 Å². The fraction of sp³-hybridized carbons (Fsp3) is 0.680. The number of imidazole rings is 1. The number of halogens is 3. The van der Waals surface area contributed by atoms with E-state index in [1.807, 2.05) is 13.0 Å². The molecule has 10 heteroatoms. The molecule has 4 atom stereocenters. The van der Waals surface area contributed by atoms with Gasteiger partial charge in [-0.25, -0.2) is 22.7 Å². The highest BCUT2D eigenvalue weighted by molar-refractivity contribution is 5.82. The summed E-state index contributed by atoms with van der Waals surface area (Å²) in [5.41, 5.74) is 1.97. The summed E-state index contributed by atoms with van der Waals surface area (Å²) in [4.78, 5) is 29.5. The molecule has 0 aromatic carbocycles. The second kappa shape index (κ2) is 9.43. The zero-order chi connectivity index (χ0) is 24.7. The number of carbonyl (C=O) groups excluding carboxylic acids is 2. The molecule has 3 aliphatic carbocycles. The first-order valence-corrected chi connectivity index (χ1v) is 12.7. The molecule has 3 fully saturated rings. The van der Waals surface area contributed by atoms with Gasteiger partial charge in [-0.3, -0.25) is 9.59 Å². The summed E-state index contributed by atoms with van der Waals surface area (Å²) in [6, 6.07) is 1.18. The highest BCUT2D eigenvalue weighted by Crippen LogP contribution is 2.43. The van der Waals surface area contributed by atoms with Gasteiger partial charge in [0.1, 0.15) is 6.17 Å². The molecule has 0 spiro atoms. The smallest absolute Gasteiger partial charge is 0.248 e. The summed E-state index contributed by atoms with van der Waals surface area (Å²) >= 11 is 0. The Morgan fingerprint density at radius 3 is 2.46 bits per heavy atom.